The molecule has 3 rings (SSSR count). The lowest BCUT2D eigenvalue weighted by atomic mass is 9.97. The number of benzene rings is 1. The number of fused-ring (bicyclic) bond motifs is 3. The van der Waals surface area contributed by atoms with Crippen LogP contribution >= 0.6 is 23.2 Å². The summed E-state index contributed by atoms with van der Waals surface area (Å²) in [5, 5.41) is 2.09. The van der Waals surface area contributed by atoms with Gasteiger partial charge in [0.1, 0.15) is 10.8 Å². The summed E-state index contributed by atoms with van der Waals surface area (Å²) in [5.41, 5.74) is 2.29. The van der Waals surface area contributed by atoms with E-state index in [1.165, 1.54) is 0 Å². The predicted octanol–water partition coefficient (Wildman–Crippen LogP) is 4.83. The van der Waals surface area contributed by atoms with E-state index < -0.39 is 5.60 Å². The van der Waals surface area contributed by atoms with Gasteiger partial charge in [-0.15, -0.1) is 0 Å². The van der Waals surface area contributed by atoms with E-state index in [-0.39, 0.29) is 6.09 Å². The molecule has 6 heteroatoms. The van der Waals surface area contributed by atoms with Crippen molar-refractivity contribution in [2.24, 2.45) is 0 Å². The van der Waals surface area contributed by atoms with Crippen molar-refractivity contribution in [3.8, 4) is 0 Å². The summed E-state index contributed by atoms with van der Waals surface area (Å²) in [6.45, 7) is 6.58. The second-order valence-electron chi connectivity index (χ2n) is 6.67. The zero-order chi connectivity index (χ0) is 16.8. The van der Waals surface area contributed by atoms with Crippen molar-refractivity contribution < 1.29 is 9.53 Å². The number of halogens is 2. The Morgan fingerprint density at radius 3 is 2.70 bits per heavy atom. The minimum absolute atomic E-state index is 0.324. The molecule has 1 aromatic carbocycles. The van der Waals surface area contributed by atoms with Crippen molar-refractivity contribution >= 4 is 40.2 Å². The van der Waals surface area contributed by atoms with E-state index >= 15 is 0 Å². The Morgan fingerprint density at radius 1 is 1.26 bits per heavy atom. The van der Waals surface area contributed by atoms with Gasteiger partial charge in [-0.05, 0) is 44.9 Å². The van der Waals surface area contributed by atoms with Crippen LogP contribution in [0.15, 0.2) is 18.2 Å². The molecule has 0 unspecified atom stereocenters. The van der Waals surface area contributed by atoms with Crippen LogP contribution in [0.3, 0.4) is 0 Å². The maximum Gasteiger partial charge on any atom is 0.410 e. The van der Waals surface area contributed by atoms with E-state index in [1.807, 2.05) is 39.0 Å². The topological polar surface area (TPSA) is 42.4 Å². The molecule has 0 N–H and O–H groups in total. The van der Waals surface area contributed by atoms with Crippen LogP contribution in [0.4, 0.5) is 4.79 Å². The number of carbonyl (C=O) groups excluding carboxylic acids is 1. The third-order valence-corrected chi connectivity index (χ3v) is 4.30. The molecule has 23 heavy (non-hydrogen) atoms. The summed E-state index contributed by atoms with van der Waals surface area (Å²) in [6.07, 6.45) is 0.394. The van der Waals surface area contributed by atoms with Crippen molar-refractivity contribution in [3.05, 3.63) is 39.5 Å². The zero-order valence-electron chi connectivity index (χ0n) is 13.3. The number of rotatable bonds is 0. The molecule has 1 aliphatic heterocycles. The number of pyridine rings is 1. The second-order valence-corrected chi connectivity index (χ2v) is 7.47. The maximum absolute atomic E-state index is 12.3. The first-order valence-corrected chi connectivity index (χ1v) is 8.24. The fourth-order valence-electron chi connectivity index (χ4n) is 2.76. The highest BCUT2D eigenvalue weighted by molar-refractivity contribution is 6.32. The van der Waals surface area contributed by atoms with Gasteiger partial charge in [-0.2, -0.15) is 0 Å². The summed E-state index contributed by atoms with van der Waals surface area (Å²) in [6, 6.07) is 5.62. The molecule has 122 valence electrons. The molecular weight excluding hydrogens is 335 g/mol. The van der Waals surface area contributed by atoms with Crippen LogP contribution in [0.1, 0.15) is 31.9 Å². The standard InChI is InChI=1S/C17H18Cl2N2O2/c1-17(2,3)23-16(22)21-7-6-11-12-5-4-10(18)8-14(12)20-15(19)13(11)9-21/h4-5,8H,6-7,9H2,1-3H3. The van der Waals surface area contributed by atoms with Gasteiger partial charge < -0.3 is 9.64 Å². The minimum Gasteiger partial charge on any atom is -0.444 e. The molecule has 1 aromatic heterocycles. The Bertz CT molecular complexity index is 784. The second kappa shape index (κ2) is 5.84. The smallest absolute Gasteiger partial charge is 0.410 e. The van der Waals surface area contributed by atoms with Crippen LogP contribution in [0.5, 0.6) is 0 Å². The molecule has 0 saturated carbocycles. The van der Waals surface area contributed by atoms with E-state index in [2.05, 4.69) is 4.98 Å². The van der Waals surface area contributed by atoms with Crippen LogP contribution in [0, 0.1) is 0 Å². The highest BCUT2D eigenvalue weighted by Gasteiger charge is 2.28. The first-order chi connectivity index (χ1) is 10.7. The Hall–Kier alpha value is -1.52. The van der Waals surface area contributed by atoms with Gasteiger partial charge in [-0.1, -0.05) is 29.3 Å². The van der Waals surface area contributed by atoms with Crippen molar-refractivity contribution in [3.63, 3.8) is 0 Å². The molecule has 1 amide bonds. The molecule has 0 aliphatic carbocycles. The number of hydrogen-bond acceptors (Lipinski definition) is 3. The maximum atomic E-state index is 12.3. The fourth-order valence-corrected chi connectivity index (χ4v) is 3.19. The SMILES string of the molecule is CC(C)(C)OC(=O)N1CCc2c(c(Cl)nc3cc(Cl)ccc23)C1. The molecule has 0 spiro atoms. The van der Waals surface area contributed by atoms with Crippen LogP contribution in [0.25, 0.3) is 10.9 Å². The highest BCUT2D eigenvalue weighted by Crippen LogP contribution is 2.32. The molecule has 0 radical (unpaired) electrons. The number of aromatic nitrogens is 1. The quantitative estimate of drug-likeness (QED) is 0.637. The number of ether oxygens (including phenoxy) is 1. The number of carbonyl (C=O) groups is 1. The average molecular weight is 353 g/mol. The van der Waals surface area contributed by atoms with Crippen molar-refractivity contribution in [2.45, 2.75) is 39.3 Å². The minimum atomic E-state index is -0.514. The molecule has 4 nitrogen and oxygen atoms in total. The molecule has 2 heterocycles. The van der Waals surface area contributed by atoms with Crippen molar-refractivity contribution in [1.29, 1.82) is 0 Å². The number of nitrogens with zero attached hydrogens (tertiary/aromatic N) is 2. The molecule has 2 aromatic rings. The van der Waals surface area contributed by atoms with Crippen LogP contribution < -0.4 is 0 Å². The lowest BCUT2D eigenvalue weighted by molar-refractivity contribution is 0.0224. The fraction of sp³-hybridized carbons (Fsp3) is 0.412. The summed E-state index contributed by atoms with van der Waals surface area (Å²) >= 11 is 12.4. The van der Waals surface area contributed by atoms with Gasteiger partial charge in [-0.25, -0.2) is 9.78 Å². The van der Waals surface area contributed by atoms with Gasteiger partial charge in [0, 0.05) is 22.5 Å². The summed E-state index contributed by atoms with van der Waals surface area (Å²) in [5.74, 6) is 0. The van der Waals surface area contributed by atoms with E-state index in [0.29, 0.717) is 23.3 Å². The third kappa shape index (κ3) is 3.38. The van der Waals surface area contributed by atoms with Gasteiger partial charge >= 0.3 is 6.09 Å². The molecular formula is C17H18Cl2N2O2. The number of hydrogen-bond donors (Lipinski definition) is 0. The van der Waals surface area contributed by atoms with E-state index in [1.54, 1.807) is 4.90 Å². The van der Waals surface area contributed by atoms with Gasteiger partial charge in [-0.3, -0.25) is 0 Å². The Kier molecular flexibility index (Phi) is 4.15. The molecule has 0 fully saturated rings. The molecule has 1 aliphatic rings. The highest BCUT2D eigenvalue weighted by atomic mass is 35.5. The Balaban J connectivity index is 1.95. The molecule has 0 atom stereocenters. The van der Waals surface area contributed by atoms with E-state index in [4.69, 9.17) is 27.9 Å². The van der Waals surface area contributed by atoms with Gasteiger partial charge in [0.05, 0.1) is 12.1 Å². The Labute approximate surface area is 145 Å². The van der Waals surface area contributed by atoms with Gasteiger partial charge in [0.15, 0.2) is 0 Å². The lowest BCUT2D eigenvalue weighted by Gasteiger charge is -2.32. The predicted molar refractivity (Wildman–Crippen MR) is 92.1 cm³/mol. The molecule has 0 saturated heterocycles. The van der Waals surface area contributed by atoms with Crippen molar-refractivity contribution in [1.82, 2.24) is 9.88 Å². The zero-order valence-corrected chi connectivity index (χ0v) is 14.8. The van der Waals surface area contributed by atoms with Crippen LogP contribution in [0.2, 0.25) is 10.2 Å². The third-order valence-electron chi connectivity index (χ3n) is 3.75. The van der Waals surface area contributed by atoms with Gasteiger partial charge in [0.2, 0.25) is 0 Å². The number of amides is 1. The first-order valence-electron chi connectivity index (χ1n) is 7.49. The van der Waals surface area contributed by atoms with E-state index in [0.717, 1.165) is 28.5 Å². The largest absolute Gasteiger partial charge is 0.444 e. The summed E-state index contributed by atoms with van der Waals surface area (Å²) in [7, 11) is 0. The Morgan fingerprint density at radius 2 is 2.00 bits per heavy atom. The monoisotopic (exact) mass is 352 g/mol. The normalized spacial score (nSPS) is 14.7. The average Bonchev–Trinajstić information content (AvgIpc) is 2.45. The van der Waals surface area contributed by atoms with Crippen LogP contribution in [-0.2, 0) is 17.7 Å². The molecule has 0 bridgehead atoms. The summed E-state index contributed by atoms with van der Waals surface area (Å²) < 4.78 is 5.44. The summed E-state index contributed by atoms with van der Waals surface area (Å²) in [4.78, 5) is 18.4. The van der Waals surface area contributed by atoms with Crippen LogP contribution in [-0.4, -0.2) is 28.1 Å². The van der Waals surface area contributed by atoms with Crippen molar-refractivity contribution in [2.75, 3.05) is 6.54 Å². The first kappa shape index (κ1) is 16.3. The lowest BCUT2D eigenvalue weighted by Crippen LogP contribution is -2.40. The van der Waals surface area contributed by atoms with Gasteiger partial charge in [0.25, 0.3) is 0 Å². The van der Waals surface area contributed by atoms with E-state index in [9.17, 15) is 4.79 Å².